The van der Waals surface area contributed by atoms with Gasteiger partial charge in [0.25, 0.3) is 0 Å². The highest BCUT2D eigenvalue weighted by Gasteiger charge is 2.79. The van der Waals surface area contributed by atoms with Gasteiger partial charge in [0.05, 0.1) is 17.4 Å². The summed E-state index contributed by atoms with van der Waals surface area (Å²) in [4.78, 5) is 43.7. The van der Waals surface area contributed by atoms with Crippen molar-refractivity contribution < 1.29 is 24.2 Å². The molecule has 4 fully saturated rings. The number of benzene rings is 1. The SMILES string of the molecule is CC1CC23O[C@@]1(C)[C@H](C(=O)NCc1ccccc1)[C@H]2C(=O)N(CCCCCCO)C3C(=O)NC1CCCCC1. The Morgan fingerprint density at radius 1 is 1.05 bits per heavy atom. The number of carbonyl (C=O) groups excluding carboxylic acids is 3. The first-order chi connectivity index (χ1) is 18.8. The van der Waals surface area contributed by atoms with Gasteiger partial charge in [-0.1, -0.05) is 69.4 Å². The van der Waals surface area contributed by atoms with E-state index < -0.39 is 29.1 Å². The summed E-state index contributed by atoms with van der Waals surface area (Å²) in [6.45, 7) is 5.04. The minimum absolute atomic E-state index is 0.0310. The highest BCUT2D eigenvalue weighted by Crippen LogP contribution is 2.65. The minimum atomic E-state index is -0.996. The van der Waals surface area contributed by atoms with Crippen LogP contribution in [-0.4, -0.2) is 64.2 Å². The van der Waals surface area contributed by atoms with Gasteiger partial charge in [-0.2, -0.15) is 0 Å². The molecule has 39 heavy (non-hydrogen) atoms. The van der Waals surface area contributed by atoms with Gasteiger partial charge in [-0.15, -0.1) is 0 Å². The maximum Gasteiger partial charge on any atom is 0.246 e. The van der Waals surface area contributed by atoms with Crippen LogP contribution in [0.4, 0.5) is 0 Å². The number of nitrogens with one attached hydrogen (secondary N) is 2. The second-order valence-electron chi connectivity index (χ2n) is 12.4. The van der Waals surface area contributed by atoms with Crippen LogP contribution in [0.5, 0.6) is 0 Å². The van der Waals surface area contributed by atoms with Crippen LogP contribution >= 0.6 is 0 Å². The third-order valence-electron chi connectivity index (χ3n) is 9.91. The average molecular weight is 540 g/mol. The van der Waals surface area contributed by atoms with Crippen LogP contribution in [0.2, 0.25) is 0 Å². The first kappa shape index (κ1) is 28.1. The molecule has 3 heterocycles. The van der Waals surface area contributed by atoms with Crippen molar-refractivity contribution in [2.75, 3.05) is 13.2 Å². The lowest BCUT2D eigenvalue weighted by atomic mass is 9.62. The van der Waals surface area contributed by atoms with Crippen LogP contribution in [0.15, 0.2) is 30.3 Å². The van der Waals surface area contributed by atoms with Gasteiger partial charge in [-0.25, -0.2) is 0 Å². The van der Waals surface area contributed by atoms with E-state index in [1.165, 1.54) is 6.42 Å². The largest absolute Gasteiger partial charge is 0.396 e. The minimum Gasteiger partial charge on any atom is -0.396 e. The number of aliphatic hydroxyl groups is 1. The highest BCUT2D eigenvalue weighted by molar-refractivity contribution is 5.99. The molecule has 1 spiro atoms. The third-order valence-corrected chi connectivity index (χ3v) is 9.91. The molecule has 214 valence electrons. The molecule has 2 bridgehead atoms. The molecule has 1 aromatic carbocycles. The van der Waals surface area contributed by atoms with Crippen LogP contribution < -0.4 is 10.6 Å². The predicted molar refractivity (Wildman–Crippen MR) is 147 cm³/mol. The number of unbranched alkanes of at least 4 members (excludes halogenated alkanes) is 3. The summed E-state index contributed by atoms with van der Waals surface area (Å²) in [5.41, 5.74) is -0.809. The van der Waals surface area contributed by atoms with Crippen LogP contribution in [0, 0.1) is 17.8 Å². The maximum atomic E-state index is 14.2. The number of likely N-dealkylation sites (tertiary alicyclic amines) is 1. The molecule has 3 amide bonds. The summed E-state index contributed by atoms with van der Waals surface area (Å²) in [5, 5.41) is 15.5. The number of hydrogen-bond acceptors (Lipinski definition) is 5. The molecule has 3 N–H and O–H groups in total. The first-order valence-electron chi connectivity index (χ1n) is 15.1. The number of amides is 3. The van der Waals surface area contributed by atoms with E-state index in [9.17, 15) is 14.4 Å². The number of aliphatic hydroxyl groups excluding tert-OH is 1. The van der Waals surface area contributed by atoms with Crippen molar-refractivity contribution >= 4 is 17.7 Å². The summed E-state index contributed by atoms with van der Waals surface area (Å²) < 4.78 is 6.82. The van der Waals surface area contributed by atoms with Crippen molar-refractivity contribution in [2.45, 2.75) is 108 Å². The molecule has 3 unspecified atom stereocenters. The summed E-state index contributed by atoms with van der Waals surface area (Å²) >= 11 is 0. The fraction of sp³-hybridized carbons (Fsp3) is 0.710. The van der Waals surface area contributed by atoms with Gasteiger partial charge in [-0.05, 0) is 50.5 Å². The fourth-order valence-corrected chi connectivity index (χ4v) is 7.85. The topological polar surface area (TPSA) is 108 Å². The molecule has 4 aliphatic rings. The van der Waals surface area contributed by atoms with Gasteiger partial charge in [0, 0.05) is 25.7 Å². The van der Waals surface area contributed by atoms with Crippen molar-refractivity contribution in [1.29, 1.82) is 0 Å². The van der Waals surface area contributed by atoms with Gasteiger partial charge in [0.15, 0.2) is 0 Å². The summed E-state index contributed by atoms with van der Waals surface area (Å²) in [7, 11) is 0. The van der Waals surface area contributed by atoms with Gasteiger partial charge < -0.3 is 25.4 Å². The molecule has 1 aromatic rings. The fourth-order valence-electron chi connectivity index (χ4n) is 7.85. The van der Waals surface area contributed by atoms with E-state index in [0.29, 0.717) is 19.5 Å². The molecule has 3 saturated heterocycles. The van der Waals surface area contributed by atoms with Crippen LogP contribution in [-0.2, 0) is 25.7 Å². The lowest BCUT2D eigenvalue weighted by Gasteiger charge is -2.36. The van der Waals surface area contributed by atoms with E-state index in [2.05, 4.69) is 17.6 Å². The molecule has 1 aliphatic carbocycles. The zero-order valence-corrected chi connectivity index (χ0v) is 23.5. The van der Waals surface area contributed by atoms with Gasteiger partial charge in [-0.3, -0.25) is 14.4 Å². The molecule has 0 aromatic heterocycles. The second-order valence-corrected chi connectivity index (χ2v) is 12.4. The Morgan fingerprint density at radius 3 is 2.49 bits per heavy atom. The van der Waals surface area contributed by atoms with E-state index in [1.54, 1.807) is 4.90 Å². The zero-order valence-electron chi connectivity index (χ0n) is 23.5. The quantitative estimate of drug-likeness (QED) is 0.374. The lowest BCUT2D eigenvalue weighted by molar-refractivity contribution is -0.148. The van der Waals surface area contributed by atoms with Gasteiger partial charge in [0.2, 0.25) is 17.7 Å². The molecule has 1 saturated carbocycles. The molecule has 0 radical (unpaired) electrons. The Balaban J connectivity index is 1.41. The predicted octanol–water partition coefficient (Wildman–Crippen LogP) is 3.32. The van der Waals surface area contributed by atoms with Gasteiger partial charge in [0.1, 0.15) is 11.6 Å². The number of carbonyl (C=O) groups is 3. The Morgan fingerprint density at radius 2 is 1.77 bits per heavy atom. The smallest absolute Gasteiger partial charge is 0.246 e. The van der Waals surface area contributed by atoms with Crippen LogP contribution in [0.3, 0.4) is 0 Å². The molecule has 3 aliphatic heterocycles. The van der Waals surface area contributed by atoms with E-state index in [1.807, 2.05) is 37.3 Å². The van der Waals surface area contributed by atoms with Crippen LogP contribution in [0.25, 0.3) is 0 Å². The number of ether oxygens (including phenoxy) is 1. The standard InChI is InChI=1S/C31H45N3O5/c1-21-19-31-25(24(30(21,2)39-31)27(36)32-20-22-13-7-5-8-14-22)29(38)34(17-11-3-4-12-18-35)26(31)28(37)33-23-15-9-6-10-16-23/h5,7-8,13-14,21,23-26,35H,3-4,6,9-12,15-20H2,1-2H3,(H,32,36)(H,33,37)/t21?,24-,25-,26?,30+,31?/m0/s1. The van der Waals surface area contributed by atoms with E-state index in [0.717, 1.165) is 56.9 Å². The third kappa shape index (κ3) is 5.10. The Kier molecular flexibility index (Phi) is 8.34. The number of nitrogens with zero attached hydrogens (tertiary/aromatic N) is 1. The Bertz CT molecular complexity index is 1040. The molecule has 6 atom stereocenters. The molecule has 8 heteroatoms. The Hall–Kier alpha value is -2.45. The highest BCUT2D eigenvalue weighted by atomic mass is 16.5. The van der Waals surface area contributed by atoms with Crippen LogP contribution in [0.1, 0.15) is 83.6 Å². The Labute approximate surface area is 232 Å². The molecular formula is C31H45N3O5. The van der Waals surface area contributed by atoms with E-state index in [-0.39, 0.29) is 36.3 Å². The normalized spacial score (nSPS) is 33.8. The second kappa shape index (κ2) is 11.6. The summed E-state index contributed by atoms with van der Waals surface area (Å²) in [6, 6.07) is 9.15. The van der Waals surface area contributed by atoms with E-state index >= 15 is 0 Å². The van der Waals surface area contributed by atoms with Crippen molar-refractivity contribution in [3.63, 3.8) is 0 Å². The molecular weight excluding hydrogens is 494 g/mol. The number of fused-ring (bicyclic) bond motifs is 1. The van der Waals surface area contributed by atoms with Crippen molar-refractivity contribution in [2.24, 2.45) is 17.8 Å². The van der Waals surface area contributed by atoms with E-state index in [4.69, 9.17) is 9.84 Å². The average Bonchev–Trinajstić information content (AvgIpc) is 3.45. The monoisotopic (exact) mass is 539 g/mol. The summed E-state index contributed by atoms with van der Waals surface area (Å²) in [5.74, 6) is -1.73. The van der Waals surface area contributed by atoms with Crippen molar-refractivity contribution in [3.8, 4) is 0 Å². The molecule has 8 nitrogen and oxygen atoms in total. The number of rotatable bonds is 11. The maximum absolute atomic E-state index is 14.2. The first-order valence-corrected chi connectivity index (χ1v) is 15.1. The summed E-state index contributed by atoms with van der Waals surface area (Å²) in [6.07, 6.45) is 9.14. The van der Waals surface area contributed by atoms with Crippen molar-refractivity contribution in [1.82, 2.24) is 15.5 Å². The zero-order chi connectivity index (χ0) is 27.6. The van der Waals surface area contributed by atoms with Crippen molar-refractivity contribution in [3.05, 3.63) is 35.9 Å². The molecule has 5 rings (SSSR count). The lowest BCUT2D eigenvalue weighted by Crippen LogP contribution is -2.57. The van der Waals surface area contributed by atoms with Gasteiger partial charge >= 0.3 is 0 Å². The number of hydrogen-bond donors (Lipinski definition) is 3.